The lowest BCUT2D eigenvalue weighted by molar-refractivity contribution is -0.151. The number of nitrogens with one attached hydrogen (secondary N) is 1. The fraction of sp³-hybridized carbons (Fsp3) is 0.706. The van der Waals surface area contributed by atoms with Gasteiger partial charge in [-0.05, 0) is 34.6 Å². The molecule has 0 aromatic carbocycles. The first-order valence-corrected chi connectivity index (χ1v) is 9.77. The van der Waals surface area contributed by atoms with Crippen LogP contribution in [0, 0.1) is 0 Å². The SMILES string of the molecule is C[C@H]1CN(C(=O)C(=O)Nc2c3c(nn2C(C)(C)C)CSC3)C[C@H](C)O1. The standard InChI is InChI=1S/C17H26N4O3S/c1-10-6-20(7-11(2)24-10)16(23)15(22)18-14-12-8-25-9-13(12)19-21(14)17(3,4)5/h10-11H,6-9H2,1-5H3,(H,18,22)/t10-,11-/m0/s1. The van der Waals surface area contributed by atoms with Crippen LogP contribution in [0.2, 0.25) is 0 Å². The molecule has 0 spiro atoms. The Kier molecular flexibility index (Phi) is 4.85. The van der Waals surface area contributed by atoms with E-state index < -0.39 is 11.8 Å². The van der Waals surface area contributed by atoms with E-state index in [9.17, 15) is 9.59 Å². The highest BCUT2D eigenvalue weighted by Gasteiger charge is 2.33. The second kappa shape index (κ2) is 6.64. The van der Waals surface area contributed by atoms with Crippen molar-refractivity contribution in [2.45, 2.75) is 63.9 Å². The first kappa shape index (κ1) is 18.3. The minimum Gasteiger partial charge on any atom is -0.372 e. The minimum atomic E-state index is -0.605. The first-order chi connectivity index (χ1) is 11.7. The summed E-state index contributed by atoms with van der Waals surface area (Å²) in [6, 6.07) is 0. The molecule has 2 amide bonds. The van der Waals surface area contributed by atoms with E-state index in [1.165, 1.54) is 0 Å². The van der Waals surface area contributed by atoms with Crippen LogP contribution in [-0.2, 0) is 31.4 Å². The number of anilines is 1. The Balaban J connectivity index is 1.80. The zero-order valence-electron chi connectivity index (χ0n) is 15.5. The van der Waals surface area contributed by atoms with E-state index >= 15 is 0 Å². The Morgan fingerprint density at radius 2 is 1.84 bits per heavy atom. The molecule has 3 heterocycles. The van der Waals surface area contributed by atoms with Crippen LogP contribution >= 0.6 is 11.8 Å². The van der Waals surface area contributed by atoms with Crippen LogP contribution in [0.3, 0.4) is 0 Å². The summed E-state index contributed by atoms with van der Waals surface area (Å²) in [4.78, 5) is 26.8. The molecule has 1 fully saturated rings. The average molecular weight is 366 g/mol. The monoisotopic (exact) mass is 366 g/mol. The lowest BCUT2D eigenvalue weighted by atomic mass is 10.1. The number of nitrogens with zero attached hydrogens (tertiary/aromatic N) is 3. The van der Waals surface area contributed by atoms with E-state index in [1.54, 1.807) is 16.7 Å². The maximum absolute atomic E-state index is 12.6. The van der Waals surface area contributed by atoms with E-state index in [0.29, 0.717) is 18.9 Å². The fourth-order valence-corrected chi connectivity index (χ4v) is 4.31. The molecule has 1 saturated heterocycles. The first-order valence-electron chi connectivity index (χ1n) is 8.61. The number of morpholine rings is 1. The summed E-state index contributed by atoms with van der Waals surface area (Å²) >= 11 is 1.77. The molecule has 138 valence electrons. The molecule has 25 heavy (non-hydrogen) atoms. The van der Waals surface area contributed by atoms with E-state index in [4.69, 9.17) is 4.74 Å². The van der Waals surface area contributed by atoms with Gasteiger partial charge in [0.15, 0.2) is 0 Å². The quantitative estimate of drug-likeness (QED) is 0.769. The van der Waals surface area contributed by atoms with Gasteiger partial charge < -0.3 is 15.0 Å². The number of thioether (sulfide) groups is 1. The molecule has 3 rings (SSSR count). The maximum Gasteiger partial charge on any atom is 0.315 e. The summed E-state index contributed by atoms with van der Waals surface area (Å²) in [5, 5.41) is 7.49. The number of aromatic nitrogens is 2. The van der Waals surface area contributed by atoms with Crippen molar-refractivity contribution < 1.29 is 14.3 Å². The Labute approximate surface area is 152 Å². The number of carbonyl (C=O) groups excluding carboxylic acids is 2. The molecular weight excluding hydrogens is 340 g/mol. The Morgan fingerprint density at radius 3 is 2.44 bits per heavy atom. The van der Waals surface area contributed by atoms with Gasteiger partial charge in [-0.3, -0.25) is 9.59 Å². The highest BCUT2D eigenvalue weighted by atomic mass is 32.2. The molecule has 2 aliphatic heterocycles. The van der Waals surface area contributed by atoms with Gasteiger partial charge >= 0.3 is 11.8 Å². The van der Waals surface area contributed by atoms with Crippen LogP contribution in [0.25, 0.3) is 0 Å². The predicted octanol–water partition coefficient (Wildman–Crippen LogP) is 1.96. The second-order valence-corrected chi connectivity index (χ2v) is 8.76. The number of fused-ring (bicyclic) bond motifs is 1. The van der Waals surface area contributed by atoms with Gasteiger partial charge in [0.25, 0.3) is 0 Å². The van der Waals surface area contributed by atoms with Crippen molar-refractivity contribution in [2.24, 2.45) is 0 Å². The maximum atomic E-state index is 12.6. The van der Waals surface area contributed by atoms with Crippen LogP contribution in [0.4, 0.5) is 5.82 Å². The lowest BCUT2D eigenvalue weighted by Gasteiger charge is -2.34. The van der Waals surface area contributed by atoms with Gasteiger partial charge in [0.05, 0.1) is 23.4 Å². The van der Waals surface area contributed by atoms with Crippen LogP contribution in [0.15, 0.2) is 0 Å². The minimum absolute atomic E-state index is 0.0683. The van der Waals surface area contributed by atoms with Crippen LogP contribution in [0.1, 0.15) is 45.9 Å². The Bertz CT molecular complexity index is 685. The van der Waals surface area contributed by atoms with Crippen molar-refractivity contribution >= 4 is 29.4 Å². The molecule has 0 aliphatic carbocycles. The summed E-state index contributed by atoms with van der Waals surface area (Å²) in [5.41, 5.74) is 1.75. The molecule has 1 aromatic rings. The summed E-state index contributed by atoms with van der Waals surface area (Å²) in [6.07, 6.45) is -0.137. The fourth-order valence-electron chi connectivity index (χ4n) is 3.28. The summed E-state index contributed by atoms with van der Waals surface area (Å²) in [6.45, 7) is 10.8. The smallest absolute Gasteiger partial charge is 0.315 e. The van der Waals surface area contributed by atoms with E-state index in [0.717, 1.165) is 22.8 Å². The number of carbonyl (C=O) groups is 2. The van der Waals surface area contributed by atoms with Gasteiger partial charge in [0.1, 0.15) is 5.82 Å². The van der Waals surface area contributed by atoms with E-state index in [1.807, 2.05) is 39.3 Å². The summed E-state index contributed by atoms with van der Waals surface area (Å²) in [5.74, 6) is 1.18. The van der Waals surface area contributed by atoms with Crippen molar-refractivity contribution in [2.75, 3.05) is 18.4 Å². The molecular formula is C17H26N4O3S. The van der Waals surface area contributed by atoms with Gasteiger partial charge in [-0.15, -0.1) is 0 Å². The van der Waals surface area contributed by atoms with Gasteiger partial charge in [0.2, 0.25) is 0 Å². The van der Waals surface area contributed by atoms with E-state index in [2.05, 4.69) is 10.4 Å². The topological polar surface area (TPSA) is 76.5 Å². The zero-order chi connectivity index (χ0) is 18.4. The van der Waals surface area contributed by atoms with Crippen LogP contribution in [-0.4, -0.2) is 51.8 Å². The van der Waals surface area contributed by atoms with Crippen molar-refractivity contribution in [1.82, 2.24) is 14.7 Å². The van der Waals surface area contributed by atoms with Crippen LogP contribution < -0.4 is 5.32 Å². The molecule has 0 radical (unpaired) electrons. The Morgan fingerprint density at radius 1 is 1.20 bits per heavy atom. The third-order valence-corrected chi connectivity index (χ3v) is 5.29. The van der Waals surface area contributed by atoms with Crippen molar-refractivity contribution in [1.29, 1.82) is 0 Å². The highest BCUT2D eigenvalue weighted by molar-refractivity contribution is 7.98. The third kappa shape index (κ3) is 3.69. The molecule has 7 nitrogen and oxygen atoms in total. The molecule has 0 saturated carbocycles. The van der Waals surface area contributed by atoms with E-state index in [-0.39, 0.29) is 17.7 Å². The largest absolute Gasteiger partial charge is 0.372 e. The molecule has 0 bridgehead atoms. The van der Waals surface area contributed by atoms with Crippen molar-refractivity contribution in [3.8, 4) is 0 Å². The molecule has 2 atom stereocenters. The normalized spacial score (nSPS) is 23.5. The summed E-state index contributed by atoms with van der Waals surface area (Å²) < 4.78 is 7.46. The predicted molar refractivity (Wildman–Crippen MR) is 97.4 cm³/mol. The number of ether oxygens (including phenoxy) is 1. The lowest BCUT2D eigenvalue weighted by Crippen LogP contribution is -2.51. The average Bonchev–Trinajstić information content (AvgIpc) is 3.07. The molecule has 8 heteroatoms. The van der Waals surface area contributed by atoms with Gasteiger partial charge in [-0.2, -0.15) is 16.9 Å². The molecule has 1 N–H and O–H groups in total. The number of amides is 2. The highest BCUT2D eigenvalue weighted by Crippen LogP contribution is 2.37. The van der Waals surface area contributed by atoms with Crippen LogP contribution in [0.5, 0.6) is 0 Å². The second-order valence-electron chi connectivity index (χ2n) is 7.77. The third-order valence-electron chi connectivity index (χ3n) is 4.32. The Hall–Kier alpha value is -1.54. The van der Waals surface area contributed by atoms with Crippen molar-refractivity contribution in [3.05, 3.63) is 11.3 Å². The van der Waals surface area contributed by atoms with Gasteiger partial charge in [-0.25, -0.2) is 4.68 Å². The van der Waals surface area contributed by atoms with Gasteiger partial charge in [0, 0.05) is 30.2 Å². The number of rotatable bonds is 1. The molecule has 2 aliphatic rings. The van der Waals surface area contributed by atoms with Gasteiger partial charge in [-0.1, -0.05) is 0 Å². The summed E-state index contributed by atoms with van der Waals surface area (Å²) in [7, 11) is 0. The van der Waals surface area contributed by atoms with Crippen molar-refractivity contribution in [3.63, 3.8) is 0 Å². The number of hydrogen-bond acceptors (Lipinski definition) is 5. The zero-order valence-corrected chi connectivity index (χ0v) is 16.3. The molecule has 0 unspecified atom stereocenters. The number of hydrogen-bond donors (Lipinski definition) is 1. The molecule has 1 aromatic heterocycles.